The van der Waals surface area contributed by atoms with E-state index in [0.717, 1.165) is 9.78 Å². The number of rotatable bonds is 1. The minimum atomic E-state index is -0.893. The summed E-state index contributed by atoms with van der Waals surface area (Å²) in [7, 11) is 0. The van der Waals surface area contributed by atoms with Gasteiger partial charge in [0.05, 0.1) is 5.56 Å². The Morgan fingerprint density at radius 1 is 1.18 bits per heavy atom. The van der Waals surface area contributed by atoms with E-state index in [1.165, 1.54) is 11.3 Å². The Morgan fingerprint density at radius 2 is 1.86 bits per heavy atom. The van der Waals surface area contributed by atoms with Gasteiger partial charge in [-0.25, -0.2) is 0 Å². The Bertz CT molecular complexity index is 680. The number of piperidine rings is 1. The van der Waals surface area contributed by atoms with Crippen LogP contribution in [0, 0.1) is 0 Å². The van der Waals surface area contributed by atoms with E-state index in [1.54, 1.807) is 6.07 Å². The Hall–Kier alpha value is -2.02. The van der Waals surface area contributed by atoms with Gasteiger partial charge in [-0.2, -0.15) is 0 Å². The van der Waals surface area contributed by atoms with Crippen molar-refractivity contribution in [1.29, 1.82) is 0 Å². The summed E-state index contributed by atoms with van der Waals surface area (Å²) < 4.78 is 0. The smallest absolute Gasteiger partial charge is 0.272 e. The number of carbonyl (C=O) groups excluding carboxylic acids is 4. The summed E-state index contributed by atoms with van der Waals surface area (Å²) in [5, 5.41) is 2.18. The second kappa shape index (κ2) is 4.74. The molecule has 2 aliphatic rings. The minimum absolute atomic E-state index is 0.133. The van der Waals surface area contributed by atoms with Gasteiger partial charge in [-0.05, 0) is 17.9 Å². The van der Waals surface area contributed by atoms with Crippen molar-refractivity contribution in [3.63, 3.8) is 0 Å². The van der Waals surface area contributed by atoms with Crippen LogP contribution in [0.2, 0.25) is 0 Å². The summed E-state index contributed by atoms with van der Waals surface area (Å²) in [6, 6.07) is 0.849. The molecule has 1 N–H and O–H groups in total. The first-order chi connectivity index (χ1) is 10.2. The molecule has 1 saturated heterocycles. The van der Waals surface area contributed by atoms with Gasteiger partial charge in [0.1, 0.15) is 10.9 Å². The molecule has 22 heavy (non-hydrogen) atoms. The lowest BCUT2D eigenvalue weighted by atomic mass is 9.94. The van der Waals surface area contributed by atoms with Gasteiger partial charge in [0, 0.05) is 11.3 Å². The van der Waals surface area contributed by atoms with Crippen molar-refractivity contribution in [3.05, 3.63) is 21.4 Å². The molecule has 1 aromatic rings. The highest BCUT2D eigenvalue weighted by atomic mass is 32.1. The third kappa shape index (κ3) is 2.16. The van der Waals surface area contributed by atoms with Crippen LogP contribution in [0.4, 0.5) is 0 Å². The molecule has 0 saturated carbocycles. The molecule has 1 fully saturated rings. The second-order valence-electron chi connectivity index (χ2n) is 6.55. The van der Waals surface area contributed by atoms with Gasteiger partial charge in [-0.3, -0.25) is 29.4 Å². The quantitative estimate of drug-likeness (QED) is 0.794. The third-order valence-corrected chi connectivity index (χ3v) is 5.40. The Balaban J connectivity index is 1.93. The average Bonchev–Trinajstić information content (AvgIpc) is 2.93. The SMILES string of the molecule is CC(C)(C)c1cc2c(s1)C(=O)N(C1CCC(=O)NC1=O)C2=O. The summed E-state index contributed by atoms with van der Waals surface area (Å²) in [6.45, 7) is 6.04. The number of nitrogens with zero attached hydrogens (tertiary/aromatic N) is 1. The molecule has 0 aliphatic carbocycles. The lowest BCUT2D eigenvalue weighted by Crippen LogP contribution is -2.54. The molecule has 2 aliphatic heterocycles. The second-order valence-corrected chi connectivity index (χ2v) is 7.60. The third-order valence-electron chi connectivity index (χ3n) is 3.86. The molecular weight excluding hydrogens is 304 g/mol. The van der Waals surface area contributed by atoms with Gasteiger partial charge in [-0.15, -0.1) is 11.3 Å². The molecule has 116 valence electrons. The van der Waals surface area contributed by atoms with Crippen molar-refractivity contribution in [2.75, 3.05) is 0 Å². The van der Waals surface area contributed by atoms with E-state index in [1.807, 2.05) is 20.8 Å². The maximum Gasteiger partial charge on any atom is 0.272 e. The first-order valence-electron chi connectivity index (χ1n) is 7.06. The molecule has 0 bridgehead atoms. The fourth-order valence-electron chi connectivity index (χ4n) is 2.62. The number of hydrogen-bond acceptors (Lipinski definition) is 5. The van der Waals surface area contributed by atoms with Crippen LogP contribution in [-0.4, -0.2) is 34.6 Å². The molecule has 0 radical (unpaired) electrons. The maximum absolute atomic E-state index is 12.5. The molecular formula is C15H16N2O4S. The average molecular weight is 320 g/mol. The van der Waals surface area contributed by atoms with Gasteiger partial charge >= 0.3 is 0 Å². The van der Waals surface area contributed by atoms with Gasteiger partial charge in [0.15, 0.2) is 0 Å². The summed E-state index contributed by atoms with van der Waals surface area (Å²) in [5.41, 5.74) is 0.222. The zero-order chi connectivity index (χ0) is 16.2. The molecule has 3 heterocycles. The summed E-state index contributed by atoms with van der Waals surface area (Å²) in [4.78, 5) is 50.5. The van der Waals surface area contributed by atoms with Crippen molar-refractivity contribution < 1.29 is 19.2 Å². The van der Waals surface area contributed by atoms with E-state index in [-0.39, 0.29) is 24.2 Å². The summed E-state index contributed by atoms with van der Waals surface area (Å²) >= 11 is 1.30. The van der Waals surface area contributed by atoms with E-state index in [4.69, 9.17) is 0 Å². The predicted molar refractivity (Wildman–Crippen MR) is 79.7 cm³/mol. The van der Waals surface area contributed by atoms with Gasteiger partial charge in [0.2, 0.25) is 11.8 Å². The number of thiophene rings is 1. The van der Waals surface area contributed by atoms with Gasteiger partial charge in [0.25, 0.3) is 11.8 Å². The fraction of sp³-hybridized carbons (Fsp3) is 0.467. The Kier molecular flexibility index (Phi) is 3.21. The lowest BCUT2D eigenvalue weighted by molar-refractivity contribution is -0.136. The Morgan fingerprint density at radius 3 is 2.41 bits per heavy atom. The zero-order valence-electron chi connectivity index (χ0n) is 12.6. The van der Waals surface area contributed by atoms with E-state index < -0.39 is 23.8 Å². The Labute approximate surface area is 131 Å². The van der Waals surface area contributed by atoms with Gasteiger partial charge in [-0.1, -0.05) is 20.8 Å². The van der Waals surface area contributed by atoms with Crippen molar-refractivity contribution in [3.8, 4) is 0 Å². The highest BCUT2D eigenvalue weighted by molar-refractivity contribution is 7.15. The van der Waals surface area contributed by atoms with Crippen LogP contribution < -0.4 is 5.32 Å². The molecule has 1 atom stereocenters. The van der Waals surface area contributed by atoms with Crippen LogP contribution in [0.15, 0.2) is 6.07 Å². The summed E-state index contributed by atoms with van der Waals surface area (Å²) in [6.07, 6.45) is 0.317. The molecule has 1 aromatic heterocycles. The standard InChI is InChI=1S/C15H16N2O4S/c1-15(2,3)9-6-7-11(22-9)14(21)17(13(7)20)8-4-5-10(18)16-12(8)19/h6,8H,4-5H2,1-3H3,(H,16,18,19). The molecule has 0 aromatic carbocycles. The van der Waals surface area contributed by atoms with Crippen LogP contribution in [-0.2, 0) is 15.0 Å². The van der Waals surface area contributed by atoms with Crippen molar-refractivity contribution in [2.45, 2.75) is 45.1 Å². The van der Waals surface area contributed by atoms with E-state index in [2.05, 4.69) is 5.32 Å². The number of hydrogen-bond donors (Lipinski definition) is 1. The lowest BCUT2D eigenvalue weighted by Gasteiger charge is -2.28. The molecule has 4 amide bonds. The van der Waals surface area contributed by atoms with E-state index in [9.17, 15) is 19.2 Å². The van der Waals surface area contributed by atoms with Crippen LogP contribution >= 0.6 is 11.3 Å². The number of imide groups is 2. The highest BCUT2D eigenvalue weighted by Crippen LogP contribution is 2.38. The fourth-order valence-corrected chi connectivity index (χ4v) is 3.77. The molecule has 7 heteroatoms. The normalized spacial score (nSPS) is 22.1. The first-order valence-corrected chi connectivity index (χ1v) is 7.87. The largest absolute Gasteiger partial charge is 0.295 e. The monoisotopic (exact) mass is 320 g/mol. The van der Waals surface area contributed by atoms with E-state index >= 15 is 0 Å². The number of amides is 4. The van der Waals surface area contributed by atoms with E-state index in [0.29, 0.717) is 10.4 Å². The number of nitrogens with one attached hydrogen (secondary N) is 1. The number of carbonyl (C=O) groups is 4. The molecule has 3 rings (SSSR count). The zero-order valence-corrected chi connectivity index (χ0v) is 13.4. The first kappa shape index (κ1) is 14.9. The van der Waals surface area contributed by atoms with Crippen LogP contribution in [0.25, 0.3) is 0 Å². The molecule has 6 nitrogen and oxygen atoms in total. The van der Waals surface area contributed by atoms with Gasteiger partial charge < -0.3 is 0 Å². The maximum atomic E-state index is 12.5. The van der Waals surface area contributed by atoms with Crippen molar-refractivity contribution >= 4 is 35.0 Å². The topological polar surface area (TPSA) is 83.6 Å². The van der Waals surface area contributed by atoms with Crippen LogP contribution in [0.1, 0.15) is 58.5 Å². The number of fused-ring (bicyclic) bond motifs is 1. The predicted octanol–water partition coefficient (Wildman–Crippen LogP) is 1.45. The minimum Gasteiger partial charge on any atom is -0.295 e. The molecule has 0 spiro atoms. The van der Waals surface area contributed by atoms with Crippen molar-refractivity contribution in [1.82, 2.24) is 10.2 Å². The van der Waals surface area contributed by atoms with Crippen molar-refractivity contribution in [2.24, 2.45) is 0 Å². The van der Waals surface area contributed by atoms with Crippen LogP contribution in [0.3, 0.4) is 0 Å². The molecule has 1 unspecified atom stereocenters. The highest BCUT2D eigenvalue weighted by Gasteiger charge is 2.46. The van der Waals surface area contributed by atoms with Crippen LogP contribution in [0.5, 0.6) is 0 Å². The summed E-state index contributed by atoms with van der Waals surface area (Å²) in [5.74, 6) is -1.83.